The molecular formula is C18H15N3O3S. The summed E-state index contributed by atoms with van der Waals surface area (Å²) in [4.78, 5) is 13.7. The number of anilines is 1. The molecule has 3 aromatic rings. The number of fused-ring (bicyclic) bond motifs is 1. The summed E-state index contributed by atoms with van der Waals surface area (Å²) in [5, 5.41) is 7.36. The van der Waals surface area contributed by atoms with Gasteiger partial charge in [-0.25, -0.2) is 4.68 Å². The quantitative estimate of drug-likeness (QED) is 0.727. The number of thioether (sulfide) groups is 1. The van der Waals surface area contributed by atoms with Crippen molar-refractivity contribution >= 4 is 23.5 Å². The molecule has 0 unspecified atom stereocenters. The highest BCUT2D eigenvalue weighted by atomic mass is 32.2. The topological polar surface area (TPSA) is 65.4 Å². The highest BCUT2D eigenvalue weighted by molar-refractivity contribution is 7.98. The molecule has 7 heteroatoms. The van der Waals surface area contributed by atoms with Crippen molar-refractivity contribution in [1.82, 2.24) is 9.78 Å². The number of hydrogen-bond acceptors (Lipinski definition) is 5. The average Bonchev–Trinajstić information content (AvgIpc) is 3.28. The van der Waals surface area contributed by atoms with E-state index in [1.807, 2.05) is 36.6 Å². The van der Waals surface area contributed by atoms with Gasteiger partial charge < -0.3 is 14.8 Å². The predicted octanol–water partition coefficient (Wildman–Crippen LogP) is 3.58. The molecule has 0 atom stereocenters. The number of rotatable bonds is 4. The van der Waals surface area contributed by atoms with Gasteiger partial charge in [-0.3, -0.25) is 4.79 Å². The molecule has 1 amide bonds. The van der Waals surface area contributed by atoms with Crippen molar-refractivity contribution in [3.63, 3.8) is 0 Å². The zero-order valence-electron chi connectivity index (χ0n) is 13.4. The Morgan fingerprint density at radius 1 is 1.16 bits per heavy atom. The fraction of sp³-hybridized carbons (Fsp3) is 0.111. The van der Waals surface area contributed by atoms with Crippen molar-refractivity contribution in [3.8, 4) is 17.2 Å². The highest BCUT2D eigenvalue weighted by Crippen LogP contribution is 2.36. The van der Waals surface area contributed by atoms with E-state index < -0.39 is 0 Å². The summed E-state index contributed by atoms with van der Waals surface area (Å²) < 4.78 is 12.5. The maximum absolute atomic E-state index is 12.8. The number of carbonyl (C=O) groups is 1. The Balaban J connectivity index is 1.70. The Kier molecular flexibility index (Phi) is 4.07. The minimum absolute atomic E-state index is 0.123. The first kappa shape index (κ1) is 15.6. The van der Waals surface area contributed by atoms with Gasteiger partial charge in [0.1, 0.15) is 5.82 Å². The molecule has 1 aliphatic rings. The third-order valence-electron chi connectivity index (χ3n) is 3.83. The summed E-state index contributed by atoms with van der Waals surface area (Å²) in [6, 6.07) is 14.9. The zero-order chi connectivity index (χ0) is 17.2. The van der Waals surface area contributed by atoms with Crippen molar-refractivity contribution in [2.45, 2.75) is 4.90 Å². The van der Waals surface area contributed by atoms with Crippen LogP contribution >= 0.6 is 11.8 Å². The molecule has 0 radical (unpaired) electrons. The van der Waals surface area contributed by atoms with Crippen LogP contribution in [0, 0.1) is 0 Å². The molecule has 1 aromatic heterocycles. The van der Waals surface area contributed by atoms with Crippen molar-refractivity contribution in [2.75, 3.05) is 18.4 Å². The molecule has 1 N–H and O–H groups in total. The van der Waals surface area contributed by atoms with Gasteiger partial charge in [-0.2, -0.15) is 5.10 Å². The van der Waals surface area contributed by atoms with Crippen LogP contribution in [0.2, 0.25) is 0 Å². The van der Waals surface area contributed by atoms with Gasteiger partial charge in [0.15, 0.2) is 11.5 Å². The molecule has 6 nitrogen and oxygen atoms in total. The average molecular weight is 353 g/mol. The fourth-order valence-corrected chi connectivity index (χ4v) is 3.13. The molecule has 0 aliphatic carbocycles. The van der Waals surface area contributed by atoms with Gasteiger partial charge in [-0.05, 0) is 30.5 Å². The third-order valence-corrected chi connectivity index (χ3v) is 4.57. The molecule has 0 bridgehead atoms. The summed E-state index contributed by atoms with van der Waals surface area (Å²) >= 11 is 1.52. The van der Waals surface area contributed by atoms with E-state index in [2.05, 4.69) is 10.4 Å². The van der Waals surface area contributed by atoms with E-state index in [0.29, 0.717) is 22.9 Å². The van der Waals surface area contributed by atoms with Gasteiger partial charge in [0, 0.05) is 0 Å². The molecule has 2 heterocycles. The molecule has 0 spiro atoms. The lowest BCUT2D eigenvalue weighted by Crippen LogP contribution is -2.16. The van der Waals surface area contributed by atoms with Crippen LogP contribution in [0.1, 0.15) is 10.4 Å². The van der Waals surface area contributed by atoms with E-state index in [-0.39, 0.29) is 12.7 Å². The van der Waals surface area contributed by atoms with Gasteiger partial charge >= 0.3 is 0 Å². The number of hydrogen-bond donors (Lipinski definition) is 1. The number of amides is 1. The van der Waals surface area contributed by atoms with E-state index in [0.717, 1.165) is 10.6 Å². The zero-order valence-corrected chi connectivity index (χ0v) is 14.2. The fourth-order valence-electron chi connectivity index (χ4n) is 2.65. The first-order chi connectivity index (χ1) is 12.3. The Labute approximate surface area is 148 Å². The van der Waals surface area contributed by atoms with Crippen LogP contribution in [0.4, 0.5) is 5.82 Å². The van der Waals surface area contributed by atoms with Crippen LogP contribution in [-0.2, 0) is 0 Å². The second-order valence-corrected chi connectivity index (χ2v) is 6.15. The summed E-state index contributed by atoms with van der Waals surface area (Å²) in [5.74, 6) is 1.40. The van der Waals surface area contributed by atoms with Gasteiger partial charge in [-0.15, -0.1) is 11.8 Å². The largest absolute Gasteiger partial charge is 0.454 e. The Morgan fingerprint density at radius 3 is 2.80 bits per heavy atom. The second-order valence-electron chi connectivity index (χ2n) is 5.30. The lowest BCUT2D eigenvalue weighted by molar-refractivity contribution is 0.102. The number of carbonyl (C=O) groups excluding carboxylic acids is 1. The molecule has 25 heavy (non-hydrogen) atoms. The molecule has 1 aliphatic heterocycles. The third kappa shape index (κ3) is 2.83. The number of nitrogens with one attached hydrogen (secondary N) is 1. The number of para-hydroxylation sites is 2. The smallest absolute Gasteiger partial charge is 0.260 e. The van der Waals surface area contributed by atoms with E-state index >= 15 is 0 Å². The standard InChI is InChI=1S/C18H15N3O3S/c1-25-15-10-19-21(12-6-3-2-4-7-12)17(15)20-18(22)13-8-5-9-14-16(13)24-11-23-14/h2-10H,11H2,1H3,(H,20,22). The first-order valence-electron chi connectivity index (χ1n) is 7.65. The summed E-state index contributed by atoms with van der Waals surface area (Å²) in [7, 11) is 0. The second kappa shape index (κ2) is 6.52. The number of ether oxygens (including phenoxy) is 2. The lowest BCUT2D eigenvalue weighted by atomic mass is 10.1. The Morgan fingerprint density at radius 2 is 2.00 bits per heavy atom. The molecule has 0 saturated carbocycles. The number of nitrogens with zero attached hydrogens (tertiary/aromatic N) is 2. The monoisotopic (exact) mass is 353 g/mol. The molecule has 4 rings (SSSR count). The normalized spacial score (nSPS) is 12.2. The van der Waals surface area contributed by atoms with Crippen LogP contribution < -0.4 is 14.8 Å². The molecule has 0 saturated heterocycles. The first-order valence-corrected chi connectivity index (χ1v) is 8.88. The van der Waals surface area contributed by atoms with Crippen LogP contribution in [0.25, 0.3) is 5.69 Å². The minimum Gasteiger partial charge on any atom is -0.454 e. The molecule has 0 fully saturated rings. The van der Waals surface area contributed by atoms with Crippen LogP contribution in [0.15, 0.2) is 59.6 Å². The minimum atomic E-state index is -0.268. The van der Waals surface area contributed by atoms with Crippen LogP contribution in [-0.4, -0.2) is 28.7 Å². The van der Waals surface area contributed by atoms with Crippen molar-refractivity contribution in [3.05, 3.63) is 60.3 Å². The van der Waals surface area contributed by atoms with E-state index in [1.165, 1.54) is 11.8 Å². The van der Waals surface area contributed by atoms with Crippen molar-refractivity contribution < 1.29 is 14.3 Å². The molecule has 2 aromatic carbocycles. The maximum atomic E-state index is 12.8. The van der Waals surface area contributed by atoms with E-state index in [9.17, 15) is 4.79 Å². The van der Waals surface area contributed by atoms with Gasteiger partial charge in [0.25, 0.3) is 5.91 Å². The van der Waals surface area contributed by atoms with E-state index in [1.54, 1.807) is 29.1 Å². The molecule has 126 valence electrons. The molecular weight excluding hydrogens is 338 g/mol. The van der Waals surface area contributed by atoms with Crippen LogP contribution in [0.3, 0.4) is 0 Å². The van der Waals surface area contributed by atoms with Gasteiger partial charge in [0.05, 0.1) is 22.3 Å². The van der Waals surface area contributed by atoms with Crippen molar-refractivity contribution in [1.29, 1.82) is 0 Å². The van der Waals surface area contributed by atoms with Crippen LogP contribution in [0.5, 0.6) is 11.5 Å². The number of aromatic nitrogens is 2. The Bertz CT molecular complexity index is 925. The van der Waals surface area contributed by atoms with E-state index in [4.69, 9.17) is 9.47 Å². The summed E-state index contributed by atoms with van der Waals surface area (Å²) in [6.07, 6.45) is 3.68. The lowest BCUT2D eigenvalue weighted by Gasteiger charge is -2.11. The number of benzene rings is 2. The Hall–Kier alpha value is -2.93. The summed E-state index contributed by atoms with van der Waals surface area (Å²) in [6.45, 7) is 0.123. The SMILES string of the molecule is CSc1cnn(-c2ccccc2)c1NC(=O)c1cccc2c1OCO2. The summed E-state index contributed by atoms with van der Waals surface area (Å²) in [5.41, 5.74) is 1.30. The van der Waals surface area contributed by atoms with Gasteiger partial charge in [-0.1, -0.05) is 24.3 Å². The van der Waals surface area contributed by atoms with Crippen molar-refractivity contribution in [2.24, 2.45) is 0 Å². The predicted molar refractivity (Wildman–Crippen MR) is 95.9 cm³/mol. The maximum Gasteiger partial charge on any atom is 0.260 e. The highest BCUT2D eigenvalue weighted by Gasteiger charge is 2.23. The van der Waals surface area contributed by atoms with Gasteiger partial charge in [0.2, 0.25) is 6.79 Å².